The molecular formula is C19H45N3O2Si2. The van der Waals surface area contributed by atoms with Crippen molar-refractivity contribution in [3.63, 3.8) is 0 Å². The summed E-state index contributed by atoms with van der Waals surface area (Å²) in [6.07, 6.45) is 0. The molecule has 0 aromatic heterocycles. The number of hydrogen-bond donors (Lipinski definition) is 0. The van der Waals surface area contributed by atoms with Crippen molar-refractivity contribution < 1.29 is 8.85 Å². The highest BCUT2D eigenvalue weighted by molar-refractivity contribution is 6.80. The van der Waals surface area contributed by atoms with E-state index in [1.54, 1.807) is 0 Å². The third-order valence-electron chi connectivity index (χ3n) is 5.16. The van der Waals surface area contributed by atoms with Gasteiger partial charge in [0.2, 0.25) is 0 Å². The van der Waals surface area contributed by atoms with E-state index in [2.05, 4.69) is 87.0 Å². The Balaban J connectivity index is 6.35. The first-order valence-electron chi connectivity index (χ1n) is 10.6. The van der Waals surface area contributed by atoms with Gasteiger partial charge in [-0.1, -0.05) is 47.2 Å². The van der Waals surface area contributed by atoms with Gasteiger partial charge in [0.05, 0.1) is 0 Å². The summed E-state index contributed by atoms with van der Waals surface area (Å²) in [6, 6.07) is 0. The normalized spacial score (nSPS) is 13.7. The van der Waals surface area contributed by atoms with Gasteiger partial charge in [0, 0.05) is 13.2 Å². The number of hydrogen-bond acceptors (Lipinski definition) is 5. The lowest BCUT2D eigenvalue weighted by Gasteiger charge is -2.51. The summed E-state index contributed by atoms with van der Waals surface area (Å²) in [7, 11) is -4.46. The molecule has 5 nitrogen and oxygen atoms in total. The van der Waals surface area contributed by atoms with Crippen LogP contribution >= 0.6 is 0 Å². The smallest absolute Gasteiger partial charge is 0.361 e. The van der Waals surface area contributed by atoms with Gasteiger partial charge >= 0.3 is 17.1 Å². The van der Waals surface area contributed by atoms with Gasteiger partial charge in [-0.15, -0.1) is 0 Å². The highest BCUT2D eigenvalue weighted by Crippen LogP contribution is 2.24. The molecule has 0 rings (SSSR count). The quantitative estimate of drug-likeness (QED) is 0.389. The summed E-state index contributed by atoms with van der Waals surface area (Å²) in [6.45, 7) is 27.7. The van der Waals surface area contributed by atoms with E-state index in [0.29, 0.717) is 13.2 Å². The van der Waals surface area contributed by atoms with Crippen molar-refractivity contribution in [2.24, 2.45) is 0 Å². The molecular weight excluding hydrogens is 358 g/mol. The average Bonchev–Trinajstić information content (AvgIpc) is 2.63. The fraction of sp³-hybridized carbons (Fsp3) is 0.895. The zero-order chi connectivity index (χ0) is 20.2. The Kier molecular flexibility index (Phi) is 13.2. The molecule has 0 spiro atoms. The second kappa shape index (κ2) is 13.2. The van der Waals surface area contributed by atoms with E-state index in [4.69, 9.17) is 8.85 Å². The molecule has 0 fully saturated rings. The van der Waals surface area contributed by atoms with Crippen LogP contribution in [0.2, 0.25) is 6.55 Å². The van der Waals surface area contributed by atoms with E-state index in [9.17, 15) is 0 Å². The molecule has 0 saturated heterocycles. The monoisotopic (exact) mass is 403 g/mol. The average molecular weight is 404 g/mol. The molecule has 26 heavy (non-hydrogen) atoms. The van der Waals surface area contributed by atoms with E-state index in [1.165, 1.54) is 0 Å². The van der Waals surface area contributed by atoms with Gasteiger partial charge in [-0.25, -0.2) is 0 Å². The summed E-state index contributed by atoms with van der Waals surface area (Å²) in [5.74, 6) is 0. The van der Waals surface area contributed by atoms with Gasteiger partial charge in [0.25, 0.3) is 0 Å². The van der Waals surface area contributed by atoms with E-state index < -0.39 is 17.1 Å². The van der Waals surface area contributed by atoms with Crippen molar-refractivity contribution >= 4 is 17.1 Å². The molecule has 0 unspecified atom stereocenters. The van der Waals surface area contributed by atoms with Gasteiger partial charge < -0.3 is 8.85 Å². The van der Waals surface area contributed by atoms with Crippen LogP contribution in [-0.2, 0) is 8.85 Å². The van der Waals surface area contributed by atoms with Crippen LogP contribution in [0.1, 0.15) is 55.4 Å². The van der Waals surface area contributed by atoms with Crippen LogP contribution in [-0.4, -0.2) is 83.3 Å². The Morgan fingerprint density at radius 3 is 1.12 bits per heavy atom. The Labute approximate surface area is 165 Å². The van der Waals surface area contributed by atoms with Crippen LogP contribution in [0.25, 0.3) is 0 Å². The van der Waals surface area contributed by atoms with Crippen LogP contribution in [0.3, 0.4) is 0 Å². The Hall–Kier alpha value is -0.0262. The SMILES string of the molecule is CCO[Si](C)(C=C[Si](N(CC)CC)(N(CC)CC)N(CC)CC)OCC. The summed E-state index contributed by atoms with van der Waals surface area (Å²) < 4.78 is 20.3. The van der Waals surface area contributed by atoms with Gasteiger partial charge in [-0.05, 0) is 65.4 Å². The molecule has 0 heterocycles. The van der Waals surface area contributed by atoms with E-state index in [-0.39, 0.29) is 0 Å². The largest absolute Gasteiger partial charge is 0.392 e. The number of rotatable bonds is 15. The molecule has 0 aliphatic carbocycles. The molecule has 0 bridgehead atoms. The first-order valence-corrected chi connectivity index (χ1v) is 14.9. The van der Waals surface area contributed by atoms with Crippen LogP contribution in [0, 0.1) is 0 Å². The van der Waals surface area contributed by atoms with Gasteiger partial charge in [-0.2, -0.15) is 0 Å². The van der Waals surface area contributed by atoms with Crippen molar-refractivity contribution in [1.82, 2.24) is 13.7 Å². The van der Waals surface area contributed by atoms with Crippen LogP contribution < -0.4 is 0 Å². The standard InChI is InChI=1S/C19H45N3O2Si2/c1-10-20(11-2)26(21(12-3)13-4,22(14-5)15-6)19-18-25(9,23-16-7)24-17-8/h18-19H,10-17H2,1-9H3. The maximum atomic E-state index is 6.10. The molecule has 0 radical (unpaired) electrons. The van der Waals surface area contributed by atoms with E-state index in [0.717, 1.165) is 39.3 Å². The molecule has 0 aliphatic rings. The molecule has 7 heteroatoms. The highest BCUT2D eigenvalue weighted by atomic mass is 28.4. The third kappa shape index (κ3) is 6.26. The molecule has 0 atom stereocenters. The molecule has 0 saturated carbocycles. The van der Waals surface area contributed by atoms with Crippen molar-refractivity contribution in [1.29, 1.82) is 0 Å². The summed E-state index contributed by atoms with van der Waals surface area (Å²) in [5.41, 5.74) is 4.83. The highest BCUT2D eigenvalue weighted by Gasteiger charge is 2.47. The van der Waals surface area contributed by atoms with Crippen molar-refractivity contribution in [2.75, 3.05) is 52.5 Å². The first-order chi connectivity index (χ1) is 12.4. The second-order valence-electron chi connectivity index (χ2n) is 6.42. The van der Waals surface area contributed by atoms with Gasteiger partial charge in [-0.3, -0.25) is 13.7 Å². The Morgan fingerprint density at radius 2 is 0.885 bits per heavy atom. The third-order valence-corrected chi connectivity index (χ3v) is 13.3. The maximum Gasteiger partial charge on any atom is 0.361 e. The molecule has 0 aromatic carbocycles. The fourth-order valence-corrected chi connectivity index (χ4v) is 12.1. The van der Waals surface area contributed by atoms with E-state index in [1.807, 2.05) is 0 Å². The zero-order valence-electron chi connectivity index (χ0n) is 19.0. The predicted molar refractivity (Wildman–Crippen MR) is 119 cm³/mol. The zero-order valence-corrected chi connectivity index (χ0v) is 21.0. The topological polar surface area (TPSA) is 28.2 Å². The van der Waals surface area contributed by atoms with Crippen molar-refractivity contribution in [3.8, 4) is 0 Å². The minimum Gasteiger partial charge on any atom is -0.392 e. The summed E-state index contributed by atoms with van der Waals surface area (Å²) in [4.78, 5) is 0. The van der Waals surface area contributed by atoms with E-state index >= 15 is 0 Å². The lowest BCUT2D eigenvalue weighted by atomic mass is 10.6. The number of nitrogens with zero attached hydrogens (tertiary/aromatic N) is 3. The van der Waals surface area contributed by atoms with Gasteiger partial charge in [0.1, 0.15) is 0 Å². The minimum absolute atomic E-state index is 0.698. The van der Waals surface area contributed by atoms with Crippen LogP contribution in [0.15, 0.2) is 11.4 Å². The lowest BCUT2D eigenvalue weighted by Crippen LogP contribution is -2.74. The molecule has 0 amide bonds. The first kappa shape index (κ1) is 26.0. The molecule has 0 aromatic rings. The van der Waals surface area contributed by atoms with Gasteiger partial charge in [0.15, 0.2) is 0 Å². The van der Waals surface area contributed by atoms with Crippen LogP contribution in [0.4, 0.5) is 0 Å². The summed E-state index contributed by atoms with van der Waals surface area (Å²) in [5, 5.41) is 0. The Morgan fingerprint density at radius 1 is 0.577 bits per heavy atom. The van der Waals surface area contributed by atoms with Crippen LogP contribution in [0.5, 0.6) is 0 Å². The molecule has 0 aliphatic heterocycles. The second-order valence-corrected chi connectivity index (χ2v) is 13.0. The van der Waals surface area contributed by atoms with Crippen molar-refractivity contribution in [2.45, 2.75) is 61.9 Å². The fourth-order valence-electron chi connectivity index (χ4n) is 3.96. The predicted octanol–water partition coefficient (Wildman–Crippen LogP) is 3.73. The van der Waals surface area contributed by atoms with Crippen molar-refractivity contribution in [3.05, 3.63) is 11.4 Å². The minimum atomic E-state index is -2.30. The lowest BCUT2D eigenvalue weighted by molar-refractivity contribution is 0.200. The summed E-state index contributed by atoms with van der Waals surface area (Å²) >= 11 is 0. The Bertz CT molecular complexity index is 348. The maximum absolute atomic E-state index is 6.10. The molecule has 0 N–H and O–H groups in total. The molecule has 156 valence electrons.